The minimum Gasteiger partial charge on any atom is -0.349 e. The van der Waals surface area contributed by atoms with Crippen molar-refractivity contribution >= 4 is 18.1 Å². The molecule has 0 aromatic rings. The Morgan fingerprint density at radius 1 is 1.54 bits per heavy atom. The summed E-state index contributed by atoms with van der Waals surface area (Å²) in [5, 5.41) is 8.86. The van der Waals surface area contributed by atoms with Crippen molar-refractivity contribution in [3.8, 4) is 6.07 Å². The molecule has 0 saturated carbocycles. The van der Waals surface area contributed by atoms with Crippen LogP contribution in [0, 0.1) is 17.2 Å². The number of hydrogen-bond donors (Lipinski definition) is 0. The van der Waals surface area contributed by atoms with E-state index in [0.29, 0.717) is 12.5 Å². The van der Waals surface area contributed by atoms with Crippen LogP contribution in [0.3, 0.4) is 0 Å². The van der Waals surface area contributed by atoms with E-state index in [9.17, 15) is 0 Å². The largest absolute Gasteiger partial charge is 0.349 e. The highest BCUT2D eigenvalue weighted by Crippen LogP contribution is 2.49. The first-order valence-electron chi connectivity index (χ1n) is 4.55. The van der Waals surface area contributed by atoms with Gasteiger partial charge in [0.1, 0.15) is 0 Å². The Kier molecular flexibility index (Phi) is 5.80. The lowest BCUT2D eigenvalue weighted by atomic mass is 10.2. The Bertz CT molecular complexity index is 234. The van der Waals surface area contributed by atoms with Crippen LogP contribution in [0.2, 0.25) is 0 Å². The van der Waals surface area contributed by atoms with E-state index in [1.807, 2.05) is 13.6 Å². The van der Waals surface area contributed by atoms with Gasteiger partial charge in [-0.05, 0) is 19.0 Å². The zero-order chi connectivity index (χ0) is 10.5. The smallest absolute Gasteiger partial charge is 0.0971 e. The summed E-state index contributed by atoms with van der Waals surface area (Å²) in [6.45, 7) is 8.75. The van der Waals surface area contributed by atoms with Crippen LogP contribution in [0.5, 0.6) is 0 Å². The number of hydrogen-bond acceptors (Lipinski definition) is 3. The molecule has 0 N–H and O–H groups in total. The molecule has 0 bridgehead atoms. The van der Waals surface area contributed by atoms with Crippen molar-refractivity contribution in [2.24, 2.45) is 5.92 Å². The molecule has 13 heavy (non-hydrogen) atoms. The maximum Gasteiger partial charge on any atom is 0.0971 e. The van der Waals surface area contributed by atoms with Gasteiger partial charge in [0.15, 0.2) is 0 Å². The van der Waals surface area contributed by atoms with Gasteiger partial charge >= 0.3 is 0 Å². The highest BCUT2D eigenvalue weighted by Gasteiger charge is 2.22. The molecule has 0 aliphatic carbocycles. The average molecular weight is 219 g/mol. The Morgan fingerprint density at radius 2 is 2.08 bits per heavy atom. The minimum absolute atomic E-state index is 0.0822. The Hall–Kier alpha value is 0.100. The summed E-state index contributed by atoms with van der Waals surface area (Å²) in [4.78, 5) is 0. The summed E-state index contributed by atoms with van der Waals surface area (Å²) in [5.41, 5.74) is -0.0822. The molecule has 0 aliphatic heterocycles. The van der Waals surface area contributed by atoms with Gasteiger partial charge in [-0.15, -0.1) is 0 Å². The van der Waals surface area contributed by atoms with Crippen molar-refractivity contribution < 1.29 is 4.52 Å². The molecule has 76 valence electrons. The lowest BCUT2D eigenvalue weighted by molar-refractivity contribution is 0.296. The standard InChI is InChI=1S/C9H18NOPS/c1-5-9(6-10)12(4,13)11-7-8(2)3/h8-9H,5,7H2,1-4H3/t9-,12-/m1/s1. The third-order valence-corrected chi connectivity index (χ3v) is 5.12. The van der Waals surface area contributed by atoms with Crippen LogP contribution in [-0.4, -0.2) is 18.9 Å². The molecule has 0 heterocycles. The van der Waals surface area contributed by atoms with Gasteiger partial charge in [-0.25, -0.2) is 0 Å². The van der Waals surface area contributed by atoms with Crippen molar-refractivity contribution in [3.63, 3.8) is 0 Å². The Morgan fingerprint density at radius 3 is 2.38 bits per heavy atom. The summed E-state index contributed by atoms with van der Waals surface area (Å²) >= 11 is 5.35. The van der Waals surface area contributed by atoms with Gasteiger partial charge in [0.25, 0.3) is 0 Å². The normalized spacial score (nSPS) is 17.8. The first kappa shape index (κ1) is 13.1. The fourth-order valence-electron chi connectivity index (χ4n) is 0.915. The average Bonchev–Trinajstić information content (AvgIpc) is 2.03. The second-order valence-corrected chi connectivity index (χ2v) is 8.53. The molecular formula is C9H18NOPS. The van der Waals surface area contributed by atoms with E-state index in [4.69, 9.17) is 21.6 Å². The zero-order valence-corrected chi connectivity index (χ0v) is 10.5. The van der Waals surface area contributed by atoms with Crippen molar-refractivity contribution in [2.75, 3.05) is 13.3 Å². The van der Waals surface area contributed by atoms with E-state index in [1.54, 1.807) is 0 Å². The highest BCUT2D eigenvalue weighted by molar-refractivity contribution is 8.12. The van der Waals surface area contributed by atoms with Gasteiger partial charge in [0, 0.05) is 0 Å². The van der Waals surface area contributed by atoms with Crippen LogP contribution >= 0.6 is 6.26 Å². The molecule has 0 amide bonds. The minimum atomic E-state index is -1.88. The monoisotopic (exact) mass is 219 g/mol. The van der Waals surface area contributed by atoms with Crippen LogP contribution in [0.15, 0.2) is 0 Å². The summed E-state index contributed by atoms with van der Waals surface area (Å²) in [6, 6.07) is 2.24. The molecule has 4 heteroatoms. The molecule has 0 radical (unpaired) electrons. The van der Waals surface area contributed by atoms with Gasteiger partial charge in [-0.1, -0.05) is 32.6 Å². The molecule has 0 fully saturated rings. The van der Waals surface area contributed by atoms with Crippen LogP contribution in [-0.2, 0) is 16.3 Å². The van der Waals surface area contributed by atoms with Crippen LogP contribution in [0.25, 0.3) is 0 Å². The summed E-state index contributed by atoms with van der Waals surface area (Å²) in [5.74, 6) is 0.485. The van der Waals surface area contributed by atoms with Crippen LogP contribution in [0.4, 0.5) is 0 Å². The maximum atomic E-state index is 8.86. The second kappa shape index (κ2) is 5.75. The molecule has 0 aliphatic rings. The van der Waals surface area contributed by atoms with E-state index < -0.39 is 6.26 Å². The van der Waals surface area contributed by atoms with E-state index in [0.717, 1.165) is 6.42 Å². The molecule has 2 nitrogen and oxygen atoms in total. The molecule has 0 aromatic carbocycles. The first-order valence-corrected chi connectivity index (χ1v) is 7.79. The van der Waals surface area contributed by atoms with Crippen molar-refractivity contribution in [3.05, 3.63) is 0 Å². The van der Waals surface area contributed by atoms with E-state index in [2.05, 4.69) is 19.9 Å². The predicted octanol–water partition coefficient (Wildman–Crippen LogP) is 2.99. The molecule has 0 unspecified atom stereocenters. The zero-order valence-electron chi connectivity index (χ0n) is 8.78. The fourth-order valence-corrected chi connectivity index (χ4v) is 3.33. The second-order valence-electron chi connectivity index (χ2n) is 3.65. The number of nitrogens with zero attached hydrogens (tertiary/aromatic N) is 1. The molecule has 0 saturated heterocycles. The third kappa shape index (κ3) is 4.76. The van der Waals surface area contributed by atoms with Gasteiger partial charge in [0.2, 0.25) is 0 Å². The molecule has 0 rings (SSSR count). The van der Waals surface area contributed by atoms with Crippen molar-refractivity contribution in [1.82, 2.24) is 0 Å². The van der Waals surface area contributed by atoms with Crippen LogP contribution in [0.1, 0.15) is 27.2 Å². The van der Waals surface area contributed by atoms with Crippen LogP contribution < -0.4 is 0 Å². The fraction of sp³-hybridized carbons (Fsp3) is 0.889. The highest BCUT2D eigenvalue weighted by atomic mass is 32.4. The van der Waals surface area contributed by atoms with Crippen molar-refractivity contribution in [1.29, 1.82) is 5.26 Å². The lowest BCUT2D eigenvalue weighted by Gasteiger charge is -2.22. The SMILES string of the molecule is CC[C@H](C#N)[P@@](C)(=S)OCC(C)C. The predicted molar refractivity (Wildman–Crippen MR) is 60.7 cm³/mol. The lowest BCUT2D eigenvalue weighted by Crippen LogP contribution is -2.09. The summed E-state index contributed by atoms with van der Waals surface area (Å²) < 4.78 is 5.64. The number of nitriles is 1. The number of rotatable bonds is 5. The van der Waals surface area contributed by atoms with Gasteiger partial charge < -0.3 is 4.52 Å². The van der Waals surface area contributed by atoms with E-state index in [-0.39, 0.29) is 5.66 Å². The molecular weight excluding hydrogens is 201 g/mol. The van der Waals surface area contributed by atoms with Crippen molar-refractivity contribution in [2.45, 2.75) is 32.9 Å². The molecule has 0 aromatic heterocycles. The maximum absolute atomic E-state index is 8.86. The Labute approximate surface area is 86.4 Å². The van der Waals surface area contributed by atoms with Gasteiger partial charge in [-0.2, -0.15) is 5.26 Å². The third-order valence-electron chi connectivity index (χ3n) is 1.77. The Balaban J connectivity index is 4.23. The quantitative estimate of drug-likeness (QED) is 0.666. The van der Waals surface area contributed by atoms with Gasteiger partial charge in [0.05, 0.1) is 24.6 Å². The van der Waals surface area contributed by atoms with Gasteiger partial charge in [-0.3, -0.25) is 0 Å². The summed E-state index contributed by atoms with van der Waals surface area (Å²) in [7, 11) is 0. The van der Waals surface area contributed by atoms with E-state index in [1.165, 1.54) is 0 Å². The van der Waals surface area contributed by atoms with E-state index >= 15 is 0 Å². The summed E-state index contributed by atoms with van der Waals surface area (Å²) in [6.07, 6.45) is -1.09. The first-order chi connectivity index (χ1) is 5.94. The molecule has 0 spiro atoms. The molecule has 2 atom stereocenters. The topological polar surface area (TPSA) is 33.0 Å².